The largest absolute Gasteiger partial charge is 0.380 e. The second-order valence-corrected chi connectivity index (χ2v) is 4.03. The Morgan fingerprint density at radius 3 is 3.06 bits per heavy atom. The van der Waals surface area contributed by atoms with Crippen molar-refractivity contribution in [2.24, 2.45) is 0 Å². The Morgan fingerprint density at radius 2 is 2.25 bits per heavy atom. The third-order valence-corrected chi connectivity index (χ3v) is 2.83. The molecule has 1 heterocycles. The van der Waals surface area contributed by atoms with Gasteiger partial charge in [0.2, 0.25) is 0 Å². The van der Waals surface area contributed by atoms with Crippen molar-refractivity contribution in [3.05, 3.63) is 36.0 Å². The summed E-state index contributed by atoms with van der Waals surface area (Å²) in [5.74, 6) is 0. The van der Waals surface area contributed by atoms with Crippen LogP contribution in [0.2, 0.25) is 0 Å². The van der Waals surface area contributed by atoms with Crippen LogP contribution in [0.15, 0.2) is 30.5 Å². The molecule has 0 spiro atoms. The molecule has 0 aliphatic rings. The summed E-state index contributed by atoms with van der Waals surface area (Å²) in [5.41, 5.74) is 2.51. The highest BCUT2D eigenvalue weighted by Crippen LogP contribution is 2.16. The Bertz CT molecular complexity index is 450. The molecule has 3 nitrogen and oxygen atoms in total. The minimum atomic E-state index is 0.255. The van der Waals surface area contributed by atoms with Gasteiger partial charge >= 0.3 is 0 Å². The fourth-order valence-corrected chi connectivity index (χ4v) is 1.80. The van der Waals surface area contributed by atoms with Crippen LogP contribution >= 0.6 is 0 Å². The lowest BCUT2D eigenvalue weighted by atomic mass is 10.1. The van der Waals surface area contributed by atoms with Gasteiger partial charge in [0.1, 0.15) is 0 Å². The molecule has 3 heteroatoms. The summed E-state index contributed by atoms with van der Waals surface area (Å²) >= 11 is 0. The molecule has 2 N–H and O–H groups in total. The van der Waals surface area contributed by atoms with Gasteiger partial charge in [-0.3, -0.25) is 0 Å². The zero-order valence-corrected chi connectivity index (χ0v) is 9.79. The molecule has 2 rings (SSSR count). The first-order chi connectivity index (χ1) is 7.81. The summed E-state index contributed by atoms with van der Waals surface area (Å²) in [5, 5.41) is 4.69. The smallest absolute Gasteiger partial charge is 0.0667 e. The predicted octanol–water partition coefficient (Wildman–Crippen LogP) is 2.29. The predicted molar refractivity (Wildman–Crippen MR) is 66.5 cm³/mol. The van der Waals surface area contributed by atoms with Crippen LogP contribution in [0.25, 0.3) is 10.9 Å². The quantitative estimate of drug-likeness (QED) is 0.808. The van der Waals surface area contributed by atoms with E-state index in [0.717, 1.165) is 13.1 Å². The van der Waals surface area contributed by atoms with E-state index in [4.69, 9.17) is 4.74 Å². The molecular weight excluding hydrogens is 200 g/mol. The van der Waals surface area contributed by atoms with Gasteiger partial charge in [0, 0.05) is 37.3 Å². The SMILES string of the molecule is COC(C)CNCc1cccc2[nH]ccc12. The summed E-state index contributed by atoms with van der Waals surface area (Å²) in [7, 11) is 1.74. The normalized spacial score (nSPS) is 13.1. The van der Waals surface area contributed by atoms with E-state index in [1.807, 2.05) is 6.20 Å². The number of ether oxygens (including phenoxy) is 1. The summed E-state index contributed by atoms with van der Waals surface area (Å²) in [6.07, 6.45) is 2.23. The lowest BCUT2D eigenvalue weighted by molar-refractivity contribution is 0.117. The molecule has 0 amide bonds. The van der Waals surface area contributed by atoms with Crippen LogP contribution in [0, 0.1) is 0 Å². The van der Waals surface area contributed by atoms with Crippen molar-refractivity contribution in [1.82, 2.24) is 10.3 Å². The molecule has 0 fully saturated rings. The number of methoxy groups -OCH3 is 1. The van der Waals surface area contributed by atoms with Crippen LogP contribution in [0.4, 0.5) is 0 Å². The number of nitrogens with one attached hydrogen (secondary N) is 2. The second-order valence-electron chi connectivity index (χ2n) is 4.03. The molecule has 2 aromatic rings. The number of hydrogen-bond acceptors (Lipinski definition) is 2. The van der Waals surface area contributed by atoms with Crippen molar-refractivity contribution < 1.29 is 4.74 Å². The van der Waals surface area contributed by atoms with Crippen molar-refractivity contribution in [2.45, 2.75) is 19.6 Å². The topological polar surface area (TPSA) is 37.0 Å². The number of H-pyrrole nitrogens is 1. The number of benzene rings is 1. The Kier molecular flexibility index (Phi) is 3.59. The van der Waals surface area contributed by atoms with Gasteiger partial charge in [0.25, 0.3) is 0 Å². The number of aromatic nitrogens is 1. The van der Waals surface area contributed by atoms with Gasteiger partial charge < -0.3 is 15.0 Å². The summed E-state index contributed by atoms with van der Waals surface area (Å²) < 4.78 is 5.19. The Morgan fingerprint density at radius 1 is 1.38 bits per heavy atom. The molecule has 1 aromatic heterocycles. The molecule has 1 aromatic carbocycles. The molecule has 0 radical (unpaired) electrons. The molecule has 1 unspecified atom stereocenters. The number of rotatable bonds is 5. The first-order valence-corrected chi connectivity index (χ1v) is 5.59. The van der Waals surface area contributed by atoms with E-state index in [0.29, 0.717) is 0 Å². The fraction of sp³-hybridized carbons (Fsp3) is 0.385. The zero-order valence-electron chi connectivity index (χ0n) is 9.79. The Labute approximate surface area is 95.8 Å². The van der Waals surface area contributed by atoms with E-state index in [9.17, 15) is 0 Å². The molecular formula is C13H18N2O. The van der Waals surface area contributed by atoms with Gasteiger partial charge in [0.15, 0.2) is 0 Å². The van der Waals surface area contributed by atoms with E-state index in [2.05, 4.69) is 41.5 Å². The molecule has 0 aliphatic heterocycles. The number of fused-ring (bicyclic) bond motifs is 1. The maximum Gasteiger partial charge on any atom is 0.0667 e. The van der Waals surface area contributed by atoms with Crippen molar-refractivity contribution >= 4 is 10.9 Å². The van der Waals surface area contributed by atoms with E-state index in [1.165, 1.54) is 16.5 Å². The van der Waals surface area contributed by atoms with Crippen molar-refractivity contribution in [1.29, 1.82) is 0 Å². The molecule has 0 aliphatic carbocycles. The number of aromatic amines is 1. The van der Waals surface area contributed by atoms with Crippen LogP contribution in [0.5, 0.6) is 0 Å². The van der Waals surface area contributed by atoms with Gasteiger partial charge in [-0.25, -0.2) is 0 Å². The Balaban J connectivity index is 2.01. The van der Waals surface area contributed by atoms with Crippen molar-refractivity contribution in [3.63, 3.8) is 0 Å². The van der Waals surface area contributed by atoms with E-state index in [-0.39, 0.29) is 6.10 Å². The van der Waals surface area contributed by atoms with E-state index < -0.39 is 0 Å². The Hall–Kier alpha value is -1.32. The third-order valence-electron chi connectivity index (χ3n) is 2.83. The summed E-state index contributed by atoms with van der Waals surface area (Å²) in [6.45, 7) is 3.81. The van der Waals surface area contributed by atoms with Crippen LogP contribution in [0.1, 0.15) is 12.5 Å². The van der Waals surface area contributed by atoms with Crippen LogP contribution in [0.3, 0.4) is 0 Å². The molecule has 0 saturated carbocycles. The van der Waals surface area contributed by atoms with Gasteiger partial charge in [-0.1, -0.05) is 12.1 Å². The highest BCUT2D eigenvalue weighted by atomic mass is 16.5. The lowest BCUT2D eigenvalue weighted by Gasteiger charge is -2.11. The minimum Gasteiger partial charge on any atom is -0.380 e. The number of hydrogen-bond donors (Lipinski definition) is 2. The fourth-order valence-electron chi connectivity index (χ4n) is 1.80. The van der Waals surface area contributed by atoms with Gasteiger partial charge in [-0.15, -0.1) is 0 Å². The molecule has 86 valence electrons. The van der Waals surface area contributed by atoms with Gasteiger partial charge in [-0.2, -0.15) is 0 Å². The average Bonchev–Trinajstić information content (AvgIpc) is 2.77. The standard InChI is InChI=1S/C13H18N2O/c1-10(16-2)8-14-9-11-4-3-5-13-12(11)6-7-15-13/h3-7,10,14-15H,8-9H2,1-2H3. The van der Waals surface area contributed by atoms with E-state index >= 15 is 0 Å². The summed E-state index contributed by atoms with van der Waals surface area (Å²) in [6, 6.07) is 8.44. The summed E-state index contributed by atoms with van der Waals surface area (Å²) in [4.78, 5) is 3.22. The third kappa shape index (κ3) is 2.43. The van der Waals surface area contributed by atoms with Crippen molar-refractivity contribution in [3.8, 4) is 0 Å². The first kappa shape index (κ1) is 11.2. The molecule has 0 saturated heterocycles. The molecule has 1 atom stereocenters. The highest BCUT2D eigenvalue weighted by molar-refractivity contribution is 5.82. The van der Waals surface area contributed by atoms with Gasteiger partial charge in [-0.05, 0) is 24.6 Å². The van der Waals surface area contributed by atoms with Crippen molar-refractivity contribution in [2.75, 3.05) is 13.7 Å². The first-order valence-electron chi connectivity index (χ1n) is 5.59. The average molecular weight is 218 g/mol. The van der Waals surface area contributed by atoms with Gasteiger partial charge in [0.05, 0.1) is 6.10 Å². The van der Waals surface area contributed by atoms with Crippen LogP contribution < -0.4 is 5.32 Å². The molecule has 0 bridgehead atoms. The highest BCUT2D eigenvalue weighted by Gasteiger charge is 2.02. The van der Waals surface area contributed by atoms with Crippen LogP contribution in [-0.2, 0) is 11.3 Å². The lowest BCUT2D eigenvalue weighted by Crippen LogP contribution is -2.25. The van der Waals surface area contributed by atoms with Crippen LogP contribution in [-0.4, -0.2) is 24.7 Å². The zero-order chi connectivity index (χ0) is 11.4. The minimum absolute atomic E-state index is 0.255. The monoisotopic (exact) mass is 218 g/mol. The second kappa shape index (κ2) is 5.14. The van der Waals surface area contributed by atoms with E-state index in [1.54, 1.807) is 7.11 Å². The molecule has 16 heavy (non-hydrogen) atoms. The maximum absolute atomic E-state index is 5.19. The maximum atomic E-state index is 5.19.